The molecule has 3 rings (SSSR count). The molecule has 1 atom stereocenters. The molecule has 4 N–H and O–H groups in total. The highest BCUT2D eigenvalue weighted by atomic mass is 19.1. The van der Waals surface area contributed by atoms with Crippen LogP contribution < -0.4 is 21.3 Å². The number of rotatable bonds is 6. The Morgan fingerprint density at radius 2 is 2.07 bits per heavy atom. The molecule has 0 bridgehead atoms. The maximum Gasteiger partial charge on any atom is 0.284 e. The molecule has 0 spiro atoms. The molecule has 1 aromatic heterocycles. The number of primary amides is 1. The predicted molar refractivity (Wildman–Crippen MR) is 102 cm³/mol. The van der Waals surface area contributed by atoms with E-state index in [1.807, 2.05) is 6.92 Å². The molecular formula is C19H23F2N5O2. The molecule has 1 saturated heterocycles. The van der Waals surface area contributed by atoms with Gasteiger partial charge in [0.25, 0.3) is 5.91 Å². The van der Waals surface area contributed by atoms with Gasteiger partial charge < -0.3 is 25.7 Å². The first-order valence-electron chi connectivity index (χ1n) is 9.10. The number of hydrogen-bond donors (Lipinski definition) is 3. The summed E-state index contributed by atoms with van der Waals surface area (Å²) in [6.07, 6.45) is 0.713. The zero-order chi connectivity index (χ0) is 20.1. The van der Waals surface area contributed by atoms with Crippen molar-refractivity contribution in [1.82, 2.24) is 10.6 Å². The van der Waals surface area contributed by atoms with Crippen LogP contribution >= 0.6 is 0 Å². The van der Waals surface area contributed by atoms with Crippen molar-refractivity contribution in [3.05, 3.63) is 53.5 Å². The second kappa shape index (κ2) is 8.73. The first kappa shape index (κ1) is 19.7. The van der Waals surface area contributed by atoms with E-state index in [1.54, 1.807) is 11.0 Å². The van der Waals surface area contributed by atoms with Crippen LogP contribution in [-0.4, -0.2) is 37.5 Å². The molecule has 0 aliphatic carbocycles. The summed E-state index contributed by atoms with van der Waals surface area (Å²) in [7, 11) is 0. The standard InChI is InChI=1S/C19H23F2N5O2/c1-2-23-19(24-10-13-6-7-16(28-13)18(22)27)25-12-8-9-26(11-12)17-14(20)4-3-5-15(17)21/h3-7,12H,2,8-11H2,1H3,(H2,22,27)(H2,23,24,25). The molecule has 1 amide bonds. The van der Waals surface area contributed by atoms with Crippen molar-refractivity contribution in [2.75, 3.05) is 24.5 Å². The lowest BCUT2D eigenvalue weighted by Crippen LogP contribution is -2.44. The lowest BCUT2D eigenvalue weighted by molar-refractivity contribution is 0.0972. The van der Waals surface area contributed by atoms with Gasteiger partial charge in [-0.25, -0.2) is 13.8 Å². The number of nitrogens with one attached hydrogen (secondary N) is 2. The van der Waals surface area contributed by atoms with E-state index < -0.39 is 17.5 Å². The number of anilines is 1. The number of carbonyl (C=O) groups excluding carboxylic acids is 1. The number of benzene rings is 1. The molecule has 1 unspecified atom stereocenters. The van der Waals surface area contributed by atoms with Crippen LogP contribution in [0.3, 0.4) is 0 Å². The van der Waals surface area contributed by atoms with Crippen molar-refractivity contribution < 1.29 is 18.0 Å². The van der Waals surface area contributed by atoms with Gasteiger partial charge in [0.2, 0.25) is 0 Å². The number of hydrogen-bond acceptors (Lipinski definition) is 4. The molecule has 150 valence electrons. The van der Waals surface area contributed by atoms with E-state index in [1.165, 1.54) is 24.3 Å². The zero-order valence-corrected chi connectivity index (χ0v) is 15.5. The fourth-order valence-electron chi connectivity index (χ4n) is 3.14. The zero-order valence-electron chi connectivity index (χ0n) is 15.5. The lowest BCUT2D eigenvalue weighted by atomic mass is 10.2. The topological polar surface area (TPSA) is 95.9 Å². The Balaban J connectivity index is 1.63. The molecule has 2 aromatic rings. The second-order valence-electron chi connectivity index (χ2n) is 6.47. The number of halogens is 2. The van der Waals surface area contributed by atoms with Crippen LogP contribution in [0.4, 0.5) is 14.5 Å². The fraction of sp³-hybridized carbons (Fsp3) is 0.368. The summed E-state index contributed by atoms with van der Waals surface area (Å²) in [6, 6.07) is 7.00. The maximum absolute atomic E-state index is 14.0. The van der Waals surface area contributed by atoms with Crippen LogP contribution in [0.25, 0.3) is 0 Å². The first-order valence-corrected chi connectivity index (χ1v) is 9.10. The van der Waals surface area contributed by atoms with E-state index in [-0.39, 0.29) is 24.0 Å². The first-order chi connectivity index (χ1) is 13.5. The van der Waals surface area contributed by atoms with Gasteiger partial charge in [-0.3, -0.25) is 4.79 Å². The van der Waals surface area contributed by atoms with Crippen molar-refractivity contribution in [3.8, 4) is 0 Å². The third kappa shape index (κ3) is 4.59. The molecule has 0 radical (unpaired) electrons. The number of para-hydroxylation sites is 1. The van der Waals surface area contributed by atoms with Crippen LogP contribution in [0.15, 0.2) is 39.7 Å². The summed E-state index contributed by atoms with van der Waals surface area (Å²) >= 11 is 0. The van der Waals surface area contributed by atoms with Gasteiger partial charge in [-0.1, -0.05) is 6.07 Å². The third-order valence-corrected chi connectivity index (χ3v) is 4.42. The lowest BCUT2D eigenvalue weighted by Gasteiger charge is -2.21. The molecule has 2 heterocycles. The van der Waals surface area contributed by atoms with Crippen LogP contribution in [0.2, 0.25) is 0 Å². The molecule has 7 nitrogen and oxygen atoms in total. The van der Waals surface area contributed by atoms with Crippen molar-refractivity contribution in [2.24, 2.45) is 10.7 Å². The summed E-state index contributed by atoms with van der Waals surface area (Å²) < 4.78 is 33.3. The average Bonchev–Trinajstić information content (AvgIpc) is 3.29. The Kier molecular flexibility index (Phi) is 6.13. The van der Waals surface area contributed by atoms with E-state index in [9.17, 15) is 13.6 Å². The van der Waals surface area contributed by atoms with E-state index >= 15 is 0 Å². The quantitative estimate of drug-likeness (QED) is 0.517. The van der Waals surface area contributed by atoms with E-state index in [0.717, 1.165) is 0 Å². The van der Waals surface area contributed by atoms with Crippen LogP contribution in [0.1, 0.15) is 29.7 Å². The summed E-state index contributed by atoms with van der Waals surface area (Å²) in [4.78, 5) is 17.2. The number of nitrogens with two attached hydrogens (primary N) is 1. The molecule has 0 saturated carbocycles. The minimum Gasteiger partial charge on any atom is -0.454 e. The van der Waals surface area contributed by atoms with Crippen LogP contribution in [0, 0.1) is 11.6 Å². The molecule has 1 aliphatic heterocycles. The molecule has 1 aliphatic rings. The predicted octanol–water partition coefficient (Wildman–Crippen LogP) is 1.99. The van der Waals surface area contributed by atoms with Crippen molar-refractivity contribution >= 4 is 17.6 Å². The number of aliphatic imine (C=N–C) groups is 1. The van der Waals surface area contributed by atoms with Gasteiger partial charge in [0.05, 0.1) is 0 Å². The van der Waals surface area contributed by atoms with Crippen molar-refractivity contribution in [2.45, 2.75) is 25.9 Å². The van der Waals surface area contributed by atoms with Gasteiger partial charge in [-0.15, -0.1) is 0 Å². The fourth-order valence-corrected chi connectivity index (χ4v) is 3.14. The van der Waals surface area contributed by atoms with Gasteiger partial charge in [-0.2, -0.15) is 0 Å². The molecule has 1 fully saturated rings. The minimum atomic E-state index is -0.633. The largest absolute Gasteiger partial charge is 0.454 e. The SMILES string of the molecule is CCNC(=NCc1ccc(C(N)=O)o1)NC1CCN(c2c(F)cccc2F)C1. The normalized spacial score (nSPS) is 17.0. The number of guanidine groups is 1. The smallest absolute Gasteiger partial charge is 0.284 e. The number of nitrogens with zero attached hydrogens (tertiary/aromatic N) is 2. The molecule has 1 aromatic carbocycles. The minimum absolute atomic E-state index is 0.00306. The third-order valence-electron chi connectivity index (χ3n) is 4.42. The Labute approximate surface area is 161 Å². The van der Waals surface area contributed by atoms with Gasteiger partial charge in [0, 0.05) is 25.7 Å². The summed E-state index contributed by atoms with van der Waals surface area (Å²) in [5.74, 6) is -0.616. The van der Waals surface area contributed by atoms with Gasteiger partial charge in [-0.05, 0) is 37.6 Å². The van der Waals surface area contributed by atoms with E-state index in [0.29, 0.717) is 37.8 Å². The van der Waals surface area contributed by atoms with E-state index in [4.69, 9.17) is 10.2 Å². The highest BCUT2D eigenvalue weighted by Gasteiger charge is 2.27. The van der Waals surface area contributed by atoms with Gasteiger partial charge >= 0.3 is 0 Å². The van der Waals surface area contributed by atoms with Crippen molar-refractivity contribution in [3.63, 3.8) is 0 Å². The van der Waals surface area contributed by atoms with Crippen LogP contribution in [-0.2, 0) is 6.54 Å². The monoisotopic (exact) mass is 391 g/mol. The number of furan rings is 1. The Morgan fingerprint density at radius 1 is 1.32 bits per heavy atom. The number of carbonyl (C=O) groups is 1. The maximum atomic E-state index is 14.0. The Bertz CT molecular complexity index is 848. The molecule has 9 heteroatoms. The summed E-state index contributed by atoms with van der Waals surface area (Å²) in [5, 5.41) is 6.40. The van der Waals surface area contributed by atoms with Gasteiger partial charge in [0.15, 0.2) is 11.7 Å². The summed E-state index contributed by atoms with van der Waals surface area (Å²) in [5.41, 5.74) is 5.17. The highest BCUT2D eigenvalue weighted by molar-refractivity contribution is 5.89. The van der Waals surface area contributed by atoms with Crippen LogP contribution in [0.5, 0.6) is 0 Å². The Morgan fingerprint density at radius 3 is 2.71 bits per heavy atom. The van der Waals surface area contributed by atoms with Gasteiger partial charge in [0.1, 0.15) is 29.6 Å². The average molecular weight is 391 g/mol. The highest BCUT2D eigenvalue weighted by Crippen LogP contribution is 2.26. The summed E-state index contributed by atoms with van der Waals surface area (Å²) in [6.45, 7) is 3.80. The number of amides is 1. The second-order valence-corrected chi connectivity index (χ2v) is 6.47. The molecule has 28 heavy (non-hydrogen) atoms. The van der Waals surface area contributed by atoms with Crippen molar-refractivity contribution in [1.29, 1.82) is 0 Å². The molecular weight excluding hydrogens is 368 g/mol. The Hall–Kier alpha value is -3.10. The van der Waals surface area contributed by atoms with E-state index in [2.05, 4.69) is 15.6 Å².